The van der Waals surface area contributed by atoms with Crippen LogP contribution in [0.1, 0.15) is 10.4 Å². The van der Waals surface area contributed by atoms with E-state index in [2.05, 4.69) is 0 Å². The average molecular weight is 390 g/mol. The summed E-state index contributed by atoms with van der Waals surface area (Å²) in [6, 6.07) is 11.7. The minimum atomic E-state index is -0.356. The number of anilines is 1. The van der Waals surface area contributed by atoms with Crippen LogP contribution in [-0.2, 0) is 0 Å². The van der Waals surface area contributed by atoms with Crippen molar-refractivity contribution in [1.82, 2.24) is 9.88 Å². The summed E-state index contributed by atoms with van der Waals surface area (Å²) < 4.78 is 14.3. The first-order valence-corrected chi connectivity index (χ1v) is 10.2. The Labute approximate surface area is 160 Å². The third-order valence-corrected chi connectivity index (χ3v) is 5.74. The van der Waals surface area contributed by atoms with E-state index in [9.17, 15) is 9.18 Å². The number of hydrogen-bond donors (Lipinski definition) is 0. The Balaban J connectivity index is 2.00. The molecule has 3 aromatic rings. The highest BCUT2D eigenvalue weighted by atomic mass is 32.2. The largest absolute Gasteiger partial charge is 0.308 e. The number of aromatic nitrogens is 1. The molecule has 0 unspecified atom stereocenters. The van der Waals surface area contributed by atoms with E-state index in [0.717, 1.165) is 15.1 Å². The fraction of sp³-hybridized carbons (Fsp3) is 0.263. The van der Waals surface area contributed by atoms with Crippen LogP contribution < -0.4 is 4.90 Å². The number of carbonyl (C=O) groups is 1. The number of fused-ring (bicyclic) bond motifs is 1. The van der Waals surface area contributed by atoms with Gasteiger partial charge in [-0.1, -0.05) is 17.4 Å². The van der Waals surface area contributed by atoms with E-state index < -0.39 is 0 Å². The Morgan fingerprint density at radius 2 is 1.88 bits per heavy atom. The zero-order valence-corrected chi connectivity index (χ0v) is 16.5. The number of thiazole rings is 1. The van der Waals surface area contributed by atoms with Gasteiger partial charge in [-0.05, 0) is 56.7 Å². The molecule has 1 aromatic heterocycles. The van der Waals surface area contributed by atoms with Crippen molar-refractivity contribution >= 4 is 44.4 Å². The molecule has 0 saturated heterocycles. The molecular formula is C19H20FN3OS2. The van der Waals surface area contributed by atoms with Crippen molar-refractivity contribution in [2.24, 2.45) is 0 Å². The molecule has 0 atom stereocenters. The first-order valence-electron chi connectivity index (χ1n) is 8.15. The number of halogens is 1. The Bertz CT molecular complexity index is 909. The Morgan fingerprint density at radius 1 is 1.15 bits per heavy atom. The van der Waals surface area contributed by atoms with Gasteiger partial charge < -0.3 is 4.90 Å². The SMILES string of the molecule is CSc1cccc2sc(N(CCN(C)C)C(=O)c3ccc(F)cc3)nc12. The molecule has 0 fully saturated rings. The van der Waals surface area contributed by atoms with Crippen molar-refractivity contribution < 1.29 is 9.18 Å². The molecular weight excluding hydrogens is 369 g/mol. The molecule has 0 radical (unpaired) electrons. The van der Waals surface area contributed by atoms with Crippen LogP contribution in [0.3, 0.4) is 0 Å². The molecule has 0 aliphatic rings. The second-order valence-electron chi connectivity index (χ2n) is 6.07. The van der Waals surface area contributed by atoms with E-state index >= 15 is 0 Å². The summed E-state index contributed by atoms with van der Waals surface area (Å²) in [6.45, 7) is 1.22. The fourth-order valence-electron chi connectivity index (χ4n) is 2.52. The van der Waals surface area contributed by atoms with Crippen LogP contribution >= 0.6 is 23.1 Å². The predicted octanol–water partition coefficient (Wildman–Crippen LogP) is 4.37. The minimum absolute atomic E-state index is 0.170. The lowest BCUT2D eigenvalue weighted by atomic mass is 10.2. The maximum Gasteiger partial charge on any atom is 0.260 e. The van der Waals surface area contributed by atoms with E-state index in [1.54, 1.807) is 16.7 Å². The summed E-state index contributed by atoms with van der Waals surface area (Å²) in [5.41, 5.74) is 1.37. The quantitative estimate of drug-likeness (QED) is 0.587. The molecule has 136 valence electrons. The molecule has 1 amide bonds. The molecule has 4 nitrogen and oxygen atoms in total. The monoisotopic (exact) mass is 389 g/mol. The molecule has 0 spiro atoms. The number of para-hydroxylation sites is 1. The molecule has 0 aliphatic heterocycles. The van der Waals surface area contributed by atoms with Gasteiger partial charge in [0.2, 0.25) is 0 Å². The van der Waals surface area contributed by atoms with Crippen molar-refractivity contribution in [2.45, 2.75) is 4.90 Å². The molecule has 7 heteroatoms. The zero-order chi connectivity index (χ0) is 18.7. The minimum Gasteiger partial charge on any atom is -0.308 e. The lowest BCUT2D eigenvalue weighted by Crippen LogP contribution is -2.36. The Kier molecular flexibility index (Phi) is 5.90. The maximum atomic E-state index is 13.2. The number of amides is 1. The summed E-state index contributed by atoms with van der Waals surface area (Å²) in [7, 11) is 3.93. The van der Waals surface area contributed by atoms with Gasteiger partial charge in [0.05, 0.1) is 10.2 Å². The Hall–Kier alpha value is -1.96. The second-order valence-corrected chi connectivity index (χ2v) is 7.93. The van der Waals surface area contributed by atoms with Gasteiger partial charge in [0, 0.05) is 23.5 Å². The van der Waals surface area contributed by atoms with Crippen molar-refractivity contribution in [1.29, 1.82) is 0 Å². The molecule has 26 heavy (non-hydrogen) atoms. The highest BCUT2D eigenvalue weighted by Crippen LogP contribution is 2.34. The van der Waals surface area contributed by atoms with Gasteiger partial charge >= 0.3 is 0 Å². The molecule has 3 rings (SSSR count). The number of benzene rings is 2. The van der Waals surface area contributed by atoms with Gasteiger partial charge in [0.1, 0.15) is 5.82 Å². The van der Waals surface area contributed by atoms with Crippen molar-refractivity contribution in [3.8, 4) is 0 Å². The van der Waals surface area contributed by atoms with Gasteiger partial charge in [-0.2, -0.15) is 0 Å². The molecule has 0 saturated carbocycles. The third-order valence-electron chi connectivity index (χ3n) is 3.93. The highest BCUT2D eigenvalue weighted by Gasteiger charge is 2.22. The van der Waals surface area contributed by atoms with Crippen LogP contribution in [0.25, 0.3) is 10.2 Å². The lowest BCUT2D eigenvalue weighted by Gasteiger charge is -2.22. The summed E-state index contributed by atoms with van der Waals surface area (Å²) in [5, 5.41) is 0.665. The first kappa shape index (κ1) is 18.8. The second kappa shape index (κ2) is 8.16. The molecule has 0 aliphatic carbocycles. The molecule has 0 N–H and O–H groups in total. The van der Waals surface area contributed by atoms with Crippen molar-refractivity contribution in [3.05, 3.63) is 53.8 Å². The summed E-state index contributed by atoms with van der Waals surface area (Å²) >= 11 is 3.14. The number of nitrogens with zero attached hydrogens (tertiary/aromatic N) is 3. The normalized spacial score (nSPS) is 11.3. The topological polar surface area (TPSA) is 36.4 Å². The van der Waals surface area contributed by atoms with Crippen molar-refractivity contribution in [3.63, 3.8) is 0 Å². The average Bonchev–Trinajstić information content (AvgIpc) is 3.05. The smallest absolute Gasteiger partial charge is 0.260 e. The molecule has 1 heterocycles. The van der Waals surface area contributed by atoms with E-state index in [4.69, 9.17) is 4.98 Å². The molecule has 0 bridgehead atoms. The van der Waals surface area contributed by atoms with Crippen molar-refractivity contribution in [2.75, 3.05) is 38.3 Å². The van der Waals surface area contributed by atoms with E-state index in [1.807, 2.05) is 43.5 Å². The third kappa shape index (κ3) is 4.06. The van der Waals surface area contributed by atoms with Crippen LogP contribution in [0.15, 0.2) is 47.4 Å². The summed E-state index contributed by atoms with van der Waals surface area (Å²) in [5.74, 6) is -0.525. The van der Waals surface area contributed by atoms with Crippen LogP contribution in [0, 0.1) is 5.82 Å². The van der Waals surface area contributed by atoms with Crippen LogP contribution in [-0.4, -0.2) is 49.2 Å². The van der Waals surface area contributed by atoms with Crippen LogP contribution in [0.5, 0.6) is 0 Å². The van der Waals surface area contributed by atoms with Crippen LogP contribution in [0.2, 0.25) is 0 Å². The van der Waals surface area contributed by atoms with Gasteiger partial charge in [0.15, 0.2) is 5.13 Å². The predicted molar refractivity (Wildman–Crippen MR) is 108 cm³/mol. The van der Waals surface area contributed by atoms with E-state index in [1.165, 1.54) is 35.6 Å². The summed E-state index contributed by atoms with van der Waals surface area (Å²) in [4.78, 5) is 22.6. The number of likely N-dealkylation sites (N-methyl/N-ethyl adjacent to an activating group) is 1. The van der Waals surface area contributed by atoms with Gasteiger partial charge in [-0.15, -0.1) is 11.8 Å². The van der Waals surface area contributed by atoms with E-state index in [-0.39, 0.29) is 11.7 Å². The standard InChI is InChI=1S/C19H20FN3OS2/c1-22(2)11-12-23(18(24)13-7-9-14(20)10-8-13)19-21-17-15(25-3)5-4-6-16(17)26-19/h4-10H,11-12H2,1-3H3. The summed E-state index contributed by atoms with van der Waals surface area (Å²) in [6.07, 6.45) is 2.02. The Morgan fingerprint density at radius 3 is 2.54 bits per heavy atom. The highest BCUT2D eigenvalue weighted by molar-refractivity contribution is 7.98. The fourth-order valence-corrected chi connectivity index (χ4v) is 4.17. The number of rotatable bonds is 6. The van der Waals surface area contributed by atoms with E-state index in [0.29, 0.717) is 23.8 Å². The van der Waals surface area contributed by atoms with Gasteiger partial charge in [-0.3, -0.25) is 9.69 Å². The number of thioether (sulfide) groups is 1. The first-order chi connectivity index (χ1) is 12.5. The van der Waals surface area contributed by atoms with Crippen LogP contribution in [0.4, 0.5) is 9.52 Å². The zero-order valence-electron chi connectivity index (χ0n) is 14.9. The van der Waals surface area contributed by atoms with Gasteiger partial charge in [0.25, 0.3) is 5.91 Å². The maximum absolute atomic E-state index is 13.2. The number of carbonyl (C=O) groups excluding carboxylic acids is 1. The number of hydrogen-bond acceptors (Lipinski definition) is 5. The molecule has 2 aromatic carbocycles. The lowest BCUT2D eigenvalue weighted by molar-refractivity contribution is 0.0985. The van der Waals surface area contributed by atoms with Gasteiger partial charge in [-0.25, -0.2) is 9.37 Å².